The summed E-state index contributed by atoms with van der Waals surface area (Å²) in [6.07, 6.45) is 4.38. The first-order chi connectivity index (χ1) is 13.8. The molecule has 0 aliphatic carbocycles. The third kappa shape index (κ3) is 3.01. The largest absolute Gasteiger partial charge is 0.344 e. The summed E-state index contributed by atoms with van der Waals surface area (Å²) in [6.45, 7) is 1.33. The lowest BCUT2D eigenvalue weighted by Crippen LogP contribution is -2.38. The van der Waals surface area contributed by atoms with Crippen molar-refractivity contribution in [2.24, 2.45) is 0 Å². The second-order valence-electron chi connectivity index (χ2n) is 7.05. The molecule has 4 aromatic rings. The molecule has 5 heteroatoms. The van der Waals surface area contributed by atoms with Gasteiger partial charge in [0.25, 0.3) is 0 Å². The van der Waals surface area contributed by atoms with E-state index in [1.165, 1.54) is 22.3 Å². The van der Waals surface area contributed by atoms with Gasteiger partial charge in [-0.3, -0.25) is 0 Å². The van der Waals surface area contributed by atoms with E-state index in [1.54, 1.807) is 12.4 Å². The Morgan fingerprint density at radius 3 is 2.79 bits per heavy atom. The molecule has 0 atom stereocenters. The van der Waals surface area contributed by atoms with E-state index in [1.807, 2.05) is 23.1 Å². The van der Waals surface area contributed by atoms with Gasteiger partial charge in [-0.15, -0.1) is 0 Å². The quantitative estimate of drug-likeness (QED) is 0.533. The van der Waals surface area contributed by atoms with Gasteiger partial charge in [-0.05, 0) is 40.8 Å². The van der Waals surface area contributed by atoms with Gasteiger partial charge < -0.3 is 15.2 Å². The molecule has 1 aliphatic rings. The highest BCUT2D eigenvalue weighted by molar-refractivity contribution is 5.99. The van der Waals surface area contributed by atoms with Crippen molar-refractivity contribution in [1.29, 1.82) is 0 Å². The molecule has 28 heavy (non-hydrogen) atoms. The number of nitrogens with zero attached hydrogens (tertiary/aromatic N) is 2. The summed E-state index contributed by atoms with van der Waals surface area (Å²) in [5, 5.41) is 3.94. The predicted molar refractivity (Wildman–Crippen MR) is 111 cm³/mol. The van der Waals surface area contributed by atoms with E-state index in [9.17, 15) is 4.79 Å². The second-order valence-corrected chi connectivity index (χ2v) is 7.05. The van der Waals surface area contributed by atoms with Crippen LogP contribution in [0.25, 0.3) is 22.2 Å². The molecule has 5 rings (SSSR count). The number of rotatable bonds is 2. The van der Waals surface area contributed by atoms with Crippen LogP contribution in [0.4, 0.5) is 10.5 Å². The summed E-state index contributed by atoms with van der Waals surface area (Å²) in [4.78, 5) is 22.0. The van der Waals surface area contributed by atoms with Gasteiger partial charge in [-0.25, -0.2) is 9.78 Å². The molecule has 2 N–H and O–H groups in total. The molecule has 0 spiro atoms. The number of aromatic amines is 1. The van der Waals surface area contributed by atoms with Gasteiger partial charge in [0.1, 0.15) is 5.65 Å². The molecule has 3 heterocycles. The van der Waals surface area contributed by atoms with Gasteiger partial charge in [0.2, 0.25) is 0 Å². The third-order valence-electron chi connectivity index (χ3n) is 5.31. The lowest BCUT2D eigenvalue weighted by Gasteiger charge is -2.29. The molecule has 2 amide bonds. The van der Waals surface area contributed by atoms with Crippen molar-refractivity contribution in [2.75, 3.05) is 11.9 Å². The van der Waals surface area contributed by atoms with Gasteiger partial charge in [0.05, 0.1) is 5.69 Å². The van der Waals surface area contributed by atoms with Crippen LogP contribution in [0.2, 0.25) is 0 Å². The molecule has 0 bridgehead atoms. The van der Waals surface area contributed by atoms with Crippen LogP contribution >= 0.6 is 0 Å². The number of urea groups is 1. The smallest absolute Gasteiger partial charge is 0.322 e. The number of carbonyl (C=O) groups excluding carboxylic acids is 1. The average Bonchev–Trinajstić information content (AvgIpc) is 3.16. The van der Waals surface area contributed by atoms with Gasteiger partial charge in [-0.2, -0.15) is 0 Å². The summed E-state index contributed by atoms with van der Waals surface area (Å²) in [5.41, 5.74) is 6.51. The summed E-state index contributed by atoms with van der Waals surface area (Å²) in [6, 6.07) is 20.7. The number of hydrogen-bond donors (Lipinski definition) is 2. The van der Waals surface area contributed by atoms with E-state index >= 15 is 0 Å². The predicted octanol–water partition coefficient (Wildman–Crippen LogP) is 4.82. The van der Waals surface area contributed by atoms with Crippen molar-refractivity contribution in [1.82, 2.24) is 14.9 Å². The number of nitrogens with one attached hydrogen (secondary N) is 2. The van der Waals surface area contributed by atoms with Gasteiger partial charge in [0.15, 0.2) is 0 Å². The maximum absolute atomic E-state index is 12.8. The molecule has 1 aliphatic heterocycles. The van der Waals surface area contributed by atoms with E-state index in [-0.39, 0.29) is 6.03 Å². The Morgan fingerprint density at radius 1 is 1.00 bits per heavy atom. The zero-order chi connectivity index (χ0) is 18.9. The zero-order valence-corrected chi connectivity index (χ0v) is 15.4. The van der Waals surface area contributed by atoms with Crippen LogP contribution in [-0.4, -0.2) is 27.4 Å². The number of pyridine rings is 1. The fourth-order valence-electron chi connectivity index (χ4n) is 3.79. The average molecular weight is 368 g/mol. The number of hydrogen-bond acceptors (Lipinski definition) is 2. The maximum Gasteiger partial charge on any atom is 0.322 e. The molecule has 0 saturated carbocycles. The Hall–Kier alpha value is -3.60. The number of anilines is 1. The molecule has 0 unspecified atom stereocenters. The number of H-pyrrole nitrogens is 1. The Kier molecular flexibility index (Phi) is 4.05. The molecule has 0 saturated heterocycles. The number of benzene rings is 2. The minimum atomic E-state index is -0.0810. The van der Waals surface area contributed by atoms with E-state index < -0.39 is 0 Å². The monoisotopic (exact) mass is 368 g/mol. The van der Waals surface area contributed by atoms with Crippen molar-refractivity contribution in [3.05, 3.63) is 84.2 Å². The SMILES string of the molecule is O=C(Nc1c[nH]c2ncccc12)N1CCc2cc(-c3ccccc3)ccc2C1. The van der Waals surface area contributed by atoms with Crippen molar-refractivity contribution < 1.29 is 4.79 Å². The van der Waals surface area contributed by atoms with Crippen LogP contribution in [-0.2, 0) is 13.0 Å². The minimum absolute atomic E-state index is 0.0810. The van der Waals surface area contributed by atoms with Gasteiger partial charge in [0, 0.05) is 30.9 Å². The van der Waals surface area contributed by atoms with Crippen molar-refractivity contribution in [3.8, 4) is 11.1 Å². The molecule has 2 aromatic carbocycles. The minimum Gasteiger partial charge on any atom is -0.344 e. The summed E-state index contributed by atoms with van der Waals surface area (Å²) in [7, 11) is 0. The Balaban J connectivity index is 1.33. The normalized spacial score (nSPS) is 13.4. The fraction of sp³-hybridized carbons (Fsp3) is 0.130. The van der Waals surface area contributed by atoms with E-state index in [4.69, 9.17) is 0 Å². The standard InChI is InChI=1S/C23H20N4O/c28-23(26-21-14-25-22-20(21)7-4-11-24-22)27-12-10-18-13-17(8-9-19(18)15-27)16-5-2-1-3-6-16/h1-9,11,13-14H,10,12,15H2,(H,24,25)(H,26,28). The Labute approximate surface area is 163 Å². The van der Waals surface area contributed by atoms with E-state index in [0.29, 0.717) is 13.1 Å². The number of aromatic nitrogens is 2. The molecule has 0 radical (unpaired) electrons. The molecular formula is C23H20N4O. The van der Waals surface area contributed by atoms with Crippen molar-refractivity contribution in [2.45, 2.75) is 13.0 Å². The van der Waals surface area contributed by atoms with Crippen LogP contribution in [0, 0.1) is 0 Å². The van der Waals surface area contributed by atoms with E-state index in [2.05, 4.69) is 57.7 Å². The van der Waals surface area contributed by atoms with E-state index in [0.717, 1.165) is 23.1 Å². The van der Waals surface area contributed by atoms with Gasteiger partial charge in [-0.1, -0.05) is 48.5 Å². The van der Waals surface area contributed by atoms with Crippen LogP contribution in [0.1, 0.15) is 11.1 Å². The molecule has 0 fully saturated rings. The first-order valence-electron chi connectivity index (χ1n) is 9.43. The molecule has 138 valence electrons. The van der Waals surface area contributed by atoms with Gasteiger partial charge >= 0.3 is 6.03 Å². The second kappa shape index (κ2) is 6.85. The zero-order valence-electron chi connectivity index (χ0n) is 15.4. The Morgan fingerprint density at radius 2 is 1.89 bits per heavy atom. The van der Waals surface area contributed by atoms with Crippen LogP contribution in [0.3, 0.4) is 0 Å². The summed E-state index contributed by atoms with van der Waals surface area (Å²) < 4.78 is 0. The Bertz CT molecular complexity index is 1150. The highest BCUT2D eigenvalue weighted by atomic mass is 16.2. The van der Waals surface area contributed by atoms with Crippen molar-refractivity contribution in [3.63, 3.8) is 0 Å². The topological polar surface area (TPSA) is 61.0 Å². The third-order valence-corrected chi connectivity index (χ3v) is 5.31. The fourth-order valence-corrected chi connectivity index (χ4v) is 3.79. The lowest BCUT2D eigenvalue weighted by molar-refractivity contribution is 0.206. The summed E-state index contributed by atoms with van der Waals surface area (Å²) in [5.74, 6) is 0. The molecular weight excluding hydrogens is 348 g/mol. The highest BCUT2D eigenvalue weighted by Gasteiger charge is 2.22. The number of carbonyl (C=O) groups is 1. The number of fused-ring (bicyclic) bond motifs is 2. The van der Waals surface area contributed by atoms with Crippen molar-refractivity contribution >= 4 is 22.8 Å². The van der Waals surface area contributed by atoms with Crippen LogP contribution < -0.4 is 5.32 Å². The molecule has 5 nitrogen and oxygen atoms in total. The van der Waals surface area contributed by atoms with Crippen LogP contribution in [0.15, 0.2) is 73.1 Å². The first-order valence-corrected chi connectivity index (χ1v) is 9.43. The summed E-state index contributed by atoms with van der Waals surface area (Å²) >= 11 is 0. The number of amides is 2. The highest BCUT2D eigenvalue weighted by Crippen LogP contribution is 2.27. The first kappa shape index (κ1) is 16.6. The molecule has 2 aromatic heterocycles. The maximum atomic E-state index is 12.8. The van der Waals surface area contributed by atoms with Crippen LogP contribution in [0.5, 0.6) is 0 Å². The lowest BCUT2D eigenvalue weighted by atomic mass is 9.95.